The number of unbranched alkanes of at least 4 members (excludes halogenated alkanes) is 9. The maximum Gasteiger partial charge on any atom is 0.334 e. The third kappa shape index (κ3) is 6.27. The summed E-state index contributed by atoms with van der Waals surface area (Å²) in [5, 5.41) is 0. The molecular weight excluding hydrogens is 268 g/mol. The van der Waals surface area contributed by atoms with E-state index in [0.717, 1.165) is 12.8 Å². The Balaban J connectivity index is 1.96. The predicted molar refractivity (Wildman–Crippen MR) is 81.4 cm³/mol. The Morgan fingerprint density at radius 2 is 1.43 bits per heavy atom. The van der Waals surface area contributed by atoms with Crippen LogP contribution in [0.25, 0.3) is 0 Å². The second kappa shape index (κ2) is 10.4. The summed E-state index contributed by atoms with van der Waals surface area (Å²) in [5.74, 6) is -0.470. The van der Waals surface area contributed by atoms with E-state index in [4.69, 9.17) is 0 Å². The van der Waals surface area contributed by atoms with Gasteiger partial charge in [0.25, 0.3) is 5.91 Å². The quantitative estimate of drug-likeness (QED) is 0.410. The van der Waals surface area contributed by atoms with Crippen LogP contribution in [0.3, 0.4) is 0 Å². The molecule has 0 saturated carbocycles. The van der Waals surface area contributed by atoms with Crippen molar-refractivity contribution in [3.05, 3.63) is 0 Å². The summed E-state index contributed by atoms with van der Waals surface area (Å²) in [6.45, 7) is 2.80. The molecule has 5 nitrogen and oxygen atoms in total. The fourth-order valence-corrected chi connectivity index (χ4v) is 2.60. The van der Waals surface area contributed by atoms with Crippen LogP contribution in [0, 0.1) is 0 Å². The summed E-state index contributed by atoms with van der Waals surface area (Å²) in [6.07, 6.45) is 13.7. The molecule has 5 heteroatoms. The number of hydrogen-bond donors (Lipinski definition) is 0. The van der Waals surface area contributed by atoms with Crippen LogP contribution in [0.1, 0.15) is 71.1 Å². The average Bonchev–Trinajstić information content (AvgIpc) is 2.75. The number of imide groups is 3. The third-order valence-electron chi connectivity index (χ3n) is 3.91. The number of carbonyl (C=O) groups excluding carboxylic acids is 3. The minimum atomic E-state index is -0.522. The van der Waals surface area contributed by atoms with Crippen molar-refractivity contribution in [1.82, 2.24) is 9.80 Å². The molecule has 0 N–H and O–H groups in total. The molecule has 1 heterocycles. The minimum absolute atomic E-state index is 0.0193. The molecule has 0 aromatic rings. The van der Waals surface area contributed by atoms with E-state index in [1.54, 1.807) is 0 Å². The molecule has 21 heavy (non-hydrogen) atoms. The molecule has 4 amide bonds. The summed E-state index contributed by atoms with van der Waals surface area (Å²) < 4.78 is 0. The molecule has 0 bridgehead atoms. The van der Waals surface area contributed by atoms with Gasteiger partial charge >= 0.3 is 12.4 Å². The zero-order valence-electron chi connectivity index (χ0n) is 13.1. The Bertz CT molecular complexity index is 344. The van der Waals surface area contributed by atoms with E-state index in [2.05, 4.69) is 6.92 Å². The Morgan fingerprint density at radius 3 is 1.90 bits per heavy atom. The van der Waals surface area contributed by atoms with Gasteiger partial charge in [-0.15, -0.1) is 0 Å². The van der Waals surface area contributed by atoms with Gasteiger partial charge in [-0.2, -0.15) is 4.90 Å². The first-order chi connectivity index (χ1) is 10.2. The summed E-state index contributed by atoms with van der Waals surface area (Å²) in [4.78, 5) is 35.3. The number of hydrogen-bond acceptors (Lipinski definition) is 3. The molecule has 119 valence electrons. The van der Waals surface area contributed by atoms with Crippen LogP contribution in [0.15, 0.2) is 0 Å². The second-order valence-electron chi connectivity index (χ2n) is 5.71. The Kier molecular flexibility index (Phi) is 8.71. The first-order valence-corrected chi connectivity index (χ1v) is 8.20. The van der Waals surface area contributed by atoms with E-state index in [9.17, 15) is 14.4 Å². The Hall–Kier alpha value is -1.39. The molecule has 1 radical (unpaired) electrons. The Morgan fingerprint density at radius 1 is 0.905 bits per heavy atom. The molecule has 0 spiro atoms. The van der Waals surface area contributed by atoms with Crippen LogP contribution in [0.5, 0.6) is 0 Å². The lowest BCUT2D eigenvalue weighted by Gasteiger charge is -2.13. The van der Waals surface area contributed by atoms with Crippen molar-refractivity contribution < 1.29 is 14.4 Å². The van der Waals surface area contributed by atoms with E-state index in [1.807, 2.05) is 0 Å². The first kappa shape index (κ1) is 17.7. The summed E-state index contributed by atoms with van der Waals surface area (Å²) in [6, 6.07) is -0.522. The van der Waals surface area contributed by atoms with Crippen molar-refractivity contribution >= 4 is 18.3 Å². The Labute approximate surface area is 127 Å². The highest BCUT2D eigenvalue weighted by Gasteiger charge is 2.35. The molecule has 1 aliphatic heterocycles. The summed E-state index contributed by atoms with van der Waals surface area (Å²) >= 11 is 0. The molecule has 1 aliphatic rings. The molecule has 1 saturated heterocycles. The molecule has 0 aliphatic carbocycles. The molecular formula is C16H27N2O3. The van der Waals surface area contributed by atoms with Gasteiger partial charge in [0.2, 0.25) is 0 Å². The van der Waals surface area contributed by atoms with E-state index in [1.165, 1.54) is 62.7 Å². The molecule has 1 rings (SSSR count). The second-order valence-corrected chi connectivity index (χ2v) is 5.71. The van der Waals surface area contributed by atoms with Crippen molar-refractivity contribution in [2.45, 2.75) is 71.1 Å². The highest BCUT2D eigenvalue weighted by atomic mass is 16.2. The van der Waals surface area contributed by atoms with Gasteiger partial charge in [-0.05, 0) is 6.42 Å². The van der Waals surface area contributed by atoms with E-state index in [-0.39, 0.29) is 6.54 Å². The van der Waals surface area contributed by atoms with Gasteiger partial charge in [0.15, 0.2) is 0 Å². The van der Waals surface area contributed by atoms with Gasteiger partial charge in [-0.1, -0.05) is 64.7 Å². The van der Waals surface area contributed by atoms with Crippen LogP contribution < -0.4 is 0 Å². The van der Waals surface area contributed by atoms with Gasteiger partial charge in [0.05, 0.1) is 0 Å². The number of carbonyl (C=O) groups is 2. The zero-order chi connectivity index (χ0) is 15.5. The lowest BCUT2D eigenvalue weighted by Crippen LogP contribution is -2.32. The molecule has 0 atom stereocenters. The topological polar surface area (TPSA) is 57.7 Å². The van der Waals surface area contributed by atoms with Crippen LogP contribution in [-0.2, 0) is 9.59 Å². The van der Waals surface area contributed by atoms with Crippen LogP contribution in [0.2, 0.25) is 0 Å². The minimum Gasteiger partial charge on any atom is -0.315 e. The van der Waals surface area contributed by atoms with Crippen molar-refractivity contribution in [2.75, 3.05) is 13.1 Å². The van der Waals surface area contributed by atoms with Gasteiger partial charge < -0.3 is 4.90 Å². The third-order valence-corrected chi connectivity index (χ3v) is 3.91. The first-order valence-electron chi connectivity index (χ1n) is 8.20. The SMILES string of the molecule is CCCCCCCCCCCCN1CC(=O)N([C]=O)C1=O. The standard InChI is InChI=1S/C16H27N2O3/c1-2-3-4-5-6-7-8-9-10-11-12-17-13-15(20)18(14-19)16(17)21/h2-13H2,1H3. The van der Waals surface area contributed by atoms with E-state index in [0.29, 0.717) is 11.4 Å². The summed E-state index contributed by atoms with van der Waals surface area (Å²) in [5.41, 5.74) is 0. The highest BCUT2D eigenvalue weighted by Crippen LogP contribution is 2.13. The number of rotatable bonds is 12. The van der Waals surface area contributed by atoms with Crippen molar-refractivity contribution in [3.8, 4) is 0 Å². The fraction of sp³-hybridized carbons (Fsp3) is 0.812. The van der Waals surface area contributed by atoms with Gasteiger partial charge in [-0.3, -0.25) is 9.59 Å². The normalized spacial score (nSPS) is 15.1. The molecule has 0 aromatic carbocycles. The number of nitrogens with zero attached hydrogens (tertiary/aromatic N) is 2. The smallest absolute Gasteiger partial charge is 0.315 e. The predicted octanol–water partition coefficient (Wildman–Crippen LogP) is 3.24. The summed E-state index contributed by atoms with van der Waals surface area (Å²) in [7, 11) is 0. The van der Waals surface area contributed by atoms with E-state index < -0.39 is 11.9 Å². The van der Waals surface area contributed by atoms with Crippen molar-refractivity contribution in [2.24, 2.45) is 0 Å². The van der Waals surface area contributed by atoms with Gasteiger partial charge in [0, 0.05) is 6.54 Å². The number of urea groups is 1. The lowest BCUT2D eigenvalue weighted by atomic mass is 10.1. The maximum absolute atomic E-state index is 11.6. The monoisotopic (exact) mass is 295 g/mol. The highest BCUT2D eigenvalue weighted by molar-refractivity contribution is 6.10. The molecule has 1 fully saturated rings. The number of amides is 4. The van der Waals surface area contributed by atoms with Gasteiger partial charge in [-0.25, -0.2) is 4.79 Å². The van der Waals surface area contributed by atoms with E-state index >= 15 is 0 Å². The van der Waals surface area contributed by atoms with Crippen LogP contribution in [-0.4, -0.2) is 41.2 Å². The maximum atomic E-state index is 11.6. The average molecular weight is 295 g/mol. The largest absolute Gasteiger partial charge is 0.334 e. The fourth-order valence-electron chi connectivity index (χ4n) is 2.60. The van der Waals surface area contributed by atoms with Crippen LogP contribution in [0.4, 0.5) is 4.79 Å². The lowest BCUT2D eigenvalue weighted by molar-refractivity contribution is -0.122. The van der Waals surface area contributed by atoms with Gasteiger partial charge in [0.1, 0.15) is 6.54 Å². The molecule has 0 aromatic heterocycles. The van der Waals surface area contributed by atoms with Crippen molar-refractivity contribution in [3.63, 3.8) is 0 Å². The molecule has 0 unspecified atom stereocenters. The van der Waals surface area contributed by atoms with Crippen molar-refractivity contribution in [1.29, 1.82) is 0 Å². The zero-order valence-corrected chi connectivity index (χ0v) is 13.1. The van der Waals surface area contributed by atoms with Crippen LogP contribution >= 0.6 is 0 Å².